The Bertz CT molecular complexity index is 708. The van der Waals surface area contributed by atoms with Crippen molar-refractivity contribution in [2.24, 2.45) is 0 Å². The summed E-state index contributed by atoms with van der Waals surface area (Å²) in [6, 6.07) is 12.1. The Morgan fingerprint density at radius 2 is 1.74 bits per heavy atom. The molecule has 3 N–H and O–H groups in total. The Morgan fingerprint density at radius 3 is 2.30 bits per heavy atom. The Hall–Kier alpha value is -1.66. The van der Waals surface area contributed by atoms with Crippen LogP contribution in [-0.4, -0.2) is 37.0 Å². The van der Waals surface area contributed by atoms with Crippen LogP contribution in [0.3, 0.4) is 0 Å². The van der Waals surface area contributed by atoms with Gasteiger partial charge in [0.1, 0.15) is 12.4 Å². The van der Waals surface area contributed by atoms with Gasteiger partial charge in [-0.15, -0.1) is 24.8 Å². The van der Waals surface area contributed by atoms with Gasteiger partial charge in [0.25, 0.3) is 5.91 Å². The maximum Gasteiger partial charge on any atom is 0.257 e. The van der Waals surface area contributed by atoms with Crippen LogP contribution in [-0.2, 0) is 0 Å². The molecule has 27 heavy (non-hydrogen) atoms. The number of benzene rings is 2. The third-order valence-electron chi connectivity index (χ3n) is 3.92. The van der Waals surface area contributed by atoms with Gasteiger partial charge in [-0.1, -0.05) is 25.4 Å². The molecule has 0 aliphatic carbocycles. The molecule has 0 spiro atoms. The van der Waals surface area contributed by atoms with Gasteiger partial charge in [0, 0.05) is 17.9 Å². The molecule has 0 aromatic heterocycles. The Labute approximate surface area is 178 Å². The fourth-order valence-electron chi connectivity index (χ4n) is 2.38. The van der Waals surface area contributed by atoms with Crippen LogP contribution in [0.1, 0.15) is 24.2 Å². The van der Waals surface area contributed by atoms with Gasteiger partial charge in [-0.25, -0.2) is 0 Å². The molecule has 0 saturated heterocycles. The molecule has 0 unspecified atom stereocenters. The van der Waals surface area contributed by atoms with Gasteiger partial charge >= 0.3 is 0 Å². The zero-order chi connectivity index (χ0) is 18.2. The van der Waals surface area contributed by atoms with E-state index in [9.17, 15) is 4.79 Å². The van der Waals surface area contributed by atoms with Crippen molar-refractivity contribution in [3.05, 3.63) is 53.1 Å². The zero-order valence-electron chi connectivity index (χ0n) is 15.4. The van der Waals surface area contributed by atoms with Crippen LogP contribution >= 0.6 is 36.4 Å². The first-order valence-corrected chi connectivity index (χ1v) is 8.72. The summed E-state index contributed by atoms with van der Waals surface area (Å²) in [5.74, 6) is 0.496. The van der Waals surface area contributed by atoms with Crippen LogP contribution in [0.2, 0.25) is 5.02 Å². The fourth-order valence-corrected chi connectivity index (χ4v) is 2.66. The fraction of sp³-hybridized carbons (Fsp3) is 0.316. The van der Waals surface area contributed by atoms with Gasteiger partial charge in [-0.05, 0) is 55.6 Å². The standard InChI is InChI=1S/C19H24ClN3O2.2ClH/c1-3-23(4-2)11-12-25-16-8-6-15(7-9-16)22-19(24)17-10-5-14(21)13-18(17)20;;/h5-10,13H,3-4,11-12,21H2,1-2H3,(H,22,24);2*1H. The minimum absolute atomic E-state index is 0. The molecule has 2 rings (SSSR count). The van der Waals surface area contributed by atoms with Gasteiger partial charge in [0.2, 0.25) is 0 Å². The number of likely N-dealkylation sites (N-methyl/N-ethyl adjacent to an activating group) is 1. The van der Waals surface area contributed by atoms with Gasteiger partial charge in [-0.3, -0.25) is 4.79 Å². The van der Waals surface area contributed by atoms with Crippen LogP contribution in [0.5, 0.6) is 5.75 Å². The predicted molar refractivity (Wildman–Crippen MR) is 118 cm³/mol. The summed E-state index contributed by atoms with van der Waals surface area (Å²) < 4.78 is 5.73. The largest absolute Gasteiger partial charge is 0.492 e. The molecule has 1 amide bonds. The molecule has 0 heterocycles. The summed E-state index contributed by atoms with van der Waals surface area (Å²) in [5, 5.41) is 3.14. The smallest absolute Gasteiger partial charge is 0.257 e. The summed E-state index contributed by atoms with van der Waals surface area (Å²) in [4.78, 5) is 14.6. The Kier molecular flexibility index (Phi) is 11.9. The highest BCUT2D eigenvalue weighted by molar-refractivity contribution is 6.34. The van der Waals surface area contributed by atoms with E-state index in [0.29, 0.717) is 28.6 Å². The van der Waals surface area contributed by atoms with Crippen LogP contribution in [0, 0.1) is 0 Å². The second-order valence-electron chi connectivity index (χ2n) is 5.59. The van der Waals surface area contributed by atoms with Crippen LogP contribution in [0.25, 0.3) is 0 Å². The minimum Gasteiger partial charge on any atom is -0.492 e. The van der Waals surface area contributed by atoms with Crippen molar-refractivity contribution in [3.63, 3.8) is 0 Å². The quantitative estimate of drug-likeness (QED) is 0.589. The van der Waals surface area contributed by atoms with Gasteiger partial charge in [-0.2, -0.15) is 0 Å². The molecule has 0 radical (unpaired) electrons. The number of hydrogen-bond donors (Lipinski definition) is 2. The maximum atomic E-state index is 12.3. The number of carbonyl (C=O) groups excluding carboxylic acids is 1. The number of carbonyl (C=O) groups is 1. The van der Waals surface area contributed by atoms with E-state index in [1.807, 2.05) is 12.1 Å². The number of nitrogens with two attached hydrogens (primary N) is 1. The number of anilines is 2. The van der Waals surface area contributed by atoms with E-state index < -0.39 is 0 Å². The number of nitrogens with one attached hydrogen (secondary N) is 1. The van der Waals surface area contributed by atoms with E-state index in [1.54, 1.807) is 30.3 Å². The van der Waals surface area contributed by atoms with Gasteiger partial charge < -0.3 is 20.7 Å². The van der Waals surface area contributed by atoms with E-state index in [1.165, 1.54) is 0 Å². The minimum atomic E-state index is -0.278. The van der Waals surface area contributed by atoms with Crippen molar-refractivity contribution in [3.8, 4) is 5.75 Å². The van der Waals surface area contributed by atoms with Crippen molar-refractivity contribution in [2.45, 2.75) is 13.8 Å². The zero-order valence-corrected chi connectivity index (χ0v) is 17.8. The lowest BCUT2D eigenvalue weighted by Crippen LogP contribution is -2.27. The summed E-state index contributed by atoms with van der Waals surface area (Å²) in [5.41, 5.74) is 7.22. The Morgan fingerprint density at radius 1 is 1.11 bits per heavy atom. The SMILES string of the molecule is CCN(CC)CCOc1ccc(NC(=O)c2ccc(N)cc2Cl)cc1.Cl.Cl. The summed E-state index contributed by atoms with van der Waals surface area (Å²) in [7, 11) is 0. The highest BCUT2D eigenvalue weighted by Gasteiger charge is 2.11. The van der Waals surface area contributed by atoms with Crippen LogP contribution in [0.4, 0.5) is 11.4 Å². The molecular formula is C19H26Cl3N3O2. The van der Waals surface area contributed by atoms with E-state index in [2.05, 4.69) is 24.1 Å². The number of nitrogens with zero attached hydrogens (tertiary/aromatic N) is 1. The average Bonchev–Trinajstić information content (AvgIpc) is 2.60. The highest BCUT2D eigenvalue weighted by Crippen LogP contribution is 2.21. The molecule has 0 atom stereocenters. The predicted octanol–water partition coefficient (Wildman–Crippen LogP) is 4.74. The monoisotopic (exact) mass is 433 g/mol. The number of ether oxygens (including phenoxy) is 1. The van der Waals surface area contributed by atoms with Crippen LogP contribution < -0.4 is 15.8 Å². The molecule has 0 aliphatic heterocycles. The molecular weight excluding hydrogens is 409 g/mol. The lowest BCUT2D eigenvalue weighted by atomic mass is 10.2. The molecule has 0 aliphatic rings. The van der Waals surface area contributed by atoms with E-state index in [4.69, 9.17) is 22.1 Å². The third-order valence-corrected chi connectivity index (χ3v) is 4.23. The molecule has 8 heteroatoms. The highest BCUT2D eigenvalue weighted by atomic mass is 35.5. The Balaban J connectivity index is 0.00000338. The van der Waals surface area contributed by atoms with E-state index in [0.717, 1.165) is 25.4 Å². The number of hydrogen-bond acceptors (Lipinski definition) is 4. The van der Waals surface area contributed by atoms with E-state index in [-0.39, 0.29) is 30.7 Å². The maximum absolute atomic E-state index is 12.3. The van der Waals surface area contributed by atoms with E-state index >= 15 is 0 Å². The summed E-state index contributed by atoms with van der Waals surface area (Å²) >= 11 is 6.06. The first-order chi connectivity index (χ1) is 12.0. The van der Waals surface area contributed by atoms with Crippen molar-refractivity contribution in [2.75, 3.05) is 37.3 Å². The molecule has 0 fully saturated rings. The second kappa shape index (κ2) is 12.7. The average molecular weight is 435 g/mol. The van der Waals surface area contributed by atoms with Crippen molar-refractivity contribution < 1.29 is 9.53 Å². The van der Waals surface area contributed by atoms with Crippen molar-refractivity contribution in [1.82, 2.24) is 4.90 Å². The number of halogens is 3. The topological polar surface area (TPSA) is 67.6 Å². The lowest BCUT2D eigenvalue weighted by molar-refractivity contribution is 0.102. The van der Waals surface area contributed by atoms with Crippen molar-refractivity contribution >= 4 is 53.7 Å². The lowest BCUT2D eigenvalue weighted by Gasteiger charge is -2.18. The van der Waals surface area contributed by atoms with Gasteiger partial charge in [0.15, 0.2) is 0 Å². The third kappa shape index (κ3) is 7.85. The molecule has 5 nitrogen and oxygen atoms in total. The molecule has 150 valence electrons. The first kappa shape index (κ1) is 25.3. The second-order valence-corrected chi connectivity index (χ2v) is 6.00. The normalized spacial score (nSPS) is 9.93. The molecule has 2 aromatic rings. The molecule has 0 saturated carbocycles. The first-order valence-electron chi connectivity index (χ1n) is 8.35. The van der Waals surface area contributed by atoms with Gasteiger partial charge in [0.05, 0.1) is 10.6 Å². The summed E-state index contributed by atoms with van der Waals surface area (Å²) in [6.45, 7) is 7.81. The summed E-state index contributed by atoms with van der Waals surface area (Å²) in [6.07, 6.45) is 0. The number of amides is 1. The molecule has 0 bridgehead atoms. The van der Waals surface area contributed by atoms with Crippen molar-refractivity contribution in [1.29, 1.82) is 0 Å². The molecule has 2 aromatic carbocycles. The number of nitrogen functional groups attached to an aromatic ring is 1. The number of rotatable bonds is 8. The van der Waals surface area contributed by atoms with Crippen LogP contribution in [0.15, 0.2) is 42.5 Å².